The normalized spacial score (nSPS) is 10.2. The van der Waals surface area contributed by atoms with E-state index in [2.05, 4.69) is 20.8 Å². The van der Waals surface area contributed by atoms with Gasteiger partial charge in [-0.15, -0.1) is 11.3 Å². The van der Waals surface area contributed by atoms with Crippen LogP contribution in [0.1, 0.15) is 10.4 Å². The highest BCUT2D eigenvalue weighted by molar-refractivity contribution is 7.80. The van der Waals surface area contributed by atoms with Gasteiger partial charge in [0, 0.05) is 11.6 Å². The van der Waals surface area contributed by atoms with Crippen LogP contribution in [0.4, 0.5) is 5.82 Å². The van der Waals surface area contributed by atoms with Crippen molar-refractivity contribution < 1.29 is 4.79 Å². The lowest BCUT2D eigenvalue weighted by atomic mass is 10.2. The van der Waals surface area contributed by atoms with E-state index in [1.165, 1.54) is 0 Å². The van der Waals surface area contributed by atoms with Crippen molar-refractivity contribution >= 4 is 40.4 Å². The van der Waals surface area contributed by atoms with Gasteiger partial charge in [0.05, 0.1) is 10.6 Å². The van der Waals surface area contributed by atoms with Crippen molar-refractivity contribution in [2.24, 2.45) is 0 Å². The molecule has 5 nitrogen and oxygen atoms in total. The summed E-state index contributed by atoms with van der Waals surface area (Å²) in [5.41, 5.74) is 1.45. The highest BCUT2D eigenvalue weighted by Crippen LogP contribution is 2.24. The lowest BCUT2D eigenvalue weighted by Crippen LogP contribution is -2.34. The minimum Gasteiger partial charge on any atom is -0.316 e. The lowest BCUT2D eigenvalue weighted by Gasteiger charge is -2.06. The molecule has 1 aromatic carbocycles. The van der Waals surface area contributed by atoms with Crippen molar-refractivity contribution in [3.8, 4) is 10.6 Å². The Morgan fingerprint density at radius 3 is 2.73 bits per heavy atom. The summed E-state index contributed by atoms with van der Waals surface area (Å²) in [6.45, 7) is 0. The molecule has 22 heavy (non-hydrogen) atoms. The molecule has 0 aliphatic heterocycles. The minimum absolute atomic E-state index is 0.207. The number of nitrogens with zero attached hydrogens (tertiary/aromatic N) is 1. The van der Waals surface area contributed by atoms with E-state index in [9.17, 15) is 4.79 Å². The van der Waals surface area contributed by atoms with Gasteiger partial charge >= 0.3 is 0 Å². The summed E-state index contributed by atoms with van der Waals surface area (Å²) < 4.78 is 0. The maximum absolute atomic E-state index is 12.0. The van der Waals surface area contributed by atoms with Gasteiger partial charge in [0.2, 0.25) is 0 Å². The number of benzene rings is 1. The number of aromatic nitrogens is 2. The van der Waals surface area contributed by atoms with Gasteiger partial charge in [0.1, 0.15) is 0 Å². The molecule has 0 aliphatic carbocycles. The molecule has 7 heteroatoms. The number of nitrogens with one attached hydrogen (secondary N) is 3. The highest BCUT2D eigenvalue weighted by Gasteiger charge is 2.09. The molecule has 2 heterocycles. The molecule has 3 N–H and O–H groups in total. The van der Waals surface area contributed by atoms with Crippen LogP contribution in [-0.2, 0) is 0 Å². The maximum Gasteiger partial charge on any atom is 0.257 e. The molecule has 0 radical (unpaired) electrons. The molecule has 0 bridgehead atoms. The number of rotatable bonds is 3. The van der Waals surface area contributed by atoms with E-state index < -0.39 is 0 Å². The summed E-state index contributed by atoms with van der Waals surface area (Å²) in [6.07, 6.45) is 0. The summed E-state index contributed by atoms with van der Waals surface area (Å²) in [5.74, 6) is 0.300. The van der Waals surface area contributed by atoms with Crippen molar-refractivity contribution in [2.75, 3.05) is 5.32 Å². The third-order valence-corrected chi connectivity index (χ3v) is 3.98. The van der Waals surface area contributed by atoms with Crippen LogP contribution in [0.3, 0.4) is 0 Å². The van der Waals surface area contributed by atoms with E-state index in [0.29, 0.717) is 11.4 Å². The third-order valence-electron chi connectivity index (χ3n) is 2.87. The van der Waals surface area contributed by atoms with E-state index >= 15 is 0 Å². The zero-order valence-corrected chi connectivity index (χ0v) is 13.0. The second kappa shape index (κ2) is 6.50. The Morgan fingerprint density at radius 1 is 1.18 bits per heavy atom. The highest BCUT2D eigenvalue weighted by atomic mass is 32.1. The van der Waals surface area contributed by atoms with Crippen LogP contribution in [0.25, 0.3) is 10.6 Å². The van der Waals surface area contributed by atoms with Crippen LogP contribution >= 0.6 is 23.6 Å². The van der Waals surface area contributed by atoms with Gasteiger partial charge < -0.3 is 5.32 Å². The molecule has 0 aliphatic rings. The number of aromatic amines is 1. The summed E-state index contributed by atoms with van der Waals surface area (Å²) in [6, 6.07) is 14.7. The smallest absolute Gasteiger partial charge is 0.257 e. The van der Waals surface area contributed by atoms with E-state index in [1.807, 2.05) is 29.6 Å². The molecular weight excluding hydrogens is 316 g/mol. The average Bonchev–Trinajstić information content (AvgIpc) is 3.19. The fraction of sp³-hybridized carbons (Fsp3) is 0. The number of carbonyl (C=O) groups excluding carboxylic acids is 1. The number of thiophene rings is 1. The maximum atomic E-state index is 12.0. The van der Waals surface area contributed by atoms with E-state index in [-0.39, 0.29) is 11.0 Å². The molecule has 3 aromatic rings. The van der Waals surface area contributed by atoms with Gasteiger partial charge in [-0.3, -0.25) is 15.2 Å². The number of hydrogen-bond donors (Lipinski definition) is 3. The van der Waals surface area contributed by atoms with Gasteiger partial charge in [-0.2, -0.15) is 5.10 Å². The van der Waals surface area contributed by atoms with E-state index in [1.54, 1.807) is 35.6 Å². The quantitative estimate of drug-likeness (QED) is 0.646. The van der Waals surface area contributed by atoms with Crippen LogP contribution in [0.15, 0.2) is 53.9 Å². The van der Waals surface area contributed by atoms with Gasteiger partial charge in [-0.25, -0.2) is 0 Å². The summed E-state index contributed by atoms with van der Waals surface area (Å²) in [7, 11) is 0. The first-order valence-corrected chi connectivity index (χ1v) is 7.78. The zero-order chi connectivity index (χ0) is 15.4. The van der Waals surface area contributed by atoms with Gasteiger partial charge in [-0.05, 0) is 35.8 Å². The fourth-order valence-corrected chi connectivity index (χ4v) is 2.75. The first-order chi connectivity index (χ1) is 10.7. The number of anilines is 1. The molecule has 0 unspecified atom stereocenters. The third kappa shape index (κ3) is 3.38. The van der Waals surface area contributed by atoms with E-state index in [0.717, 1.165) is 10.6 Å². The molecule has 2 aromatic heterocycles. The topological polar surface area (TPSA) is 69.8 Å². The molecule has 110 valence electrons. The zero-order valence-electron chi connectivity index (χ0n) is 11.4. The monoisotopic (exact) mass is 328 g/mol. The molecule has 0 saturated carbocycles. The van der Waals surface area contributed by atoms with Crippen LogP contribution in [-0.4, -0.2) is 21.2 Å². The average molecular weight is 328 g/mol. The summed E-state index contributed by atoms with van der Waals surface area (Å²) >= 11 is 6.74. The van der Waals surface area contributed by atoms with Crippen molar-refractivity contribution in [3.05, 3.63) is 59.5 Å². The number of carbonyl (C=O) groups is 1. The fourth-order valence-electron chi connectivity index (χ4n) is 1.86. The molecule has 1 amide bonds. The molecule has 0 saturated heterocycles. The van der Waals surface area contributed by atoms with Crippen molar-refractivity contribution in [1.82, 2.24) is 15.5 Å². The second-order valence-corrected chi connectivity index (χ2v) is 5.77. The number of hydrogen-bond acceptors (Lipinski definition) is 4. The SMILES string of the molecule is O=C(NC(=S)Nc1cc(-c2cccs2)[nH]n1)c1ccccc1. The summed E-state index contributed by atoms with van der Waals surface area (Å²) in [5, 5.41) is 14.8. The Bertz CT molecular complexity index is 781. The Labute approximate surface area is 136 Å². The first-order valence-electron chi connectivity index (χ1n) is 6.49. The molecule has 0 spiro atoms. The van der Waals surface area contributed by atoms with Crippen LogP contribution in [0, 0.1) is 0 Å². The largest absolute Gasteiger partial charge is 0.316 e. The summed E-state index contributed by atoms with van der Waals surface area (Å²) in [4.78, 5) is 13.1. The molecular formula is C15H12N4OS2. The standard InChI is InChI=1S/C15H12N4OS2/c20-14(10-5-2-1-3-6-10)17-15(21)16-13-9-11(18-19-13)12-7-4-8-22-12/h1-9H,(H3,16,17,18,19,20,21). The number of H-pyrrole nitrogens is 1. The Kier molecular flexibility index (Phi) is 4.27. The van der Waals surface area contributed by atoms with Crippen molar-refractivity contribution in [2.45, 2.75) is 0 Å². The van der Waals surface area contributed by atoms with Gasteiger partial charge in [0.25, 0.3) is 5.91 Å². The van der Waals surface area contributed by atoms with Crippen LogP contribution in [0.5, 0.6) is 0 Å². The molecule has 0 fully saturated rings. The Morgan fingerprint density at radius 2 is 2.00 bits per heavy atom. The molecule has 3 rings (SSSR count). The van der Waals surface area contributed by atoms with Crippen LogP contribution in [0.2, 0.25) is 0 Å². The van der Waals surface area contributed by atoms with Gasteiger partial charge in [-0.1, -0.05) is 24.3 Å². The lowest BCUT2D eigenvalue weighted by molar-refractivity contribution is 0.0977. The van der Waals surface area contributed by atoms with Crippen molar-refractivity contribution in [3.63, 3.8) is 0 Å². The van der Waals surface area contributed by atoms with Crippen LogP contribution < -0.4 is 10.6 Å². The van der Waals surface area contributed by atoms with Gasteiger partial charge in [0.15, 0.2) is 10.9 Å². The predicted octanol–water partition coefficient (Wildman–Crippen LogP) is 3.27. The number of amides is 1. The van der Waals surface area contributed by atoms with E-state index in [4.69, 9.17) is 12.2 Å². The number of thiocarbonyl (C=S) groups is 1. The van der Waals surface area contributed by atoms with Crippen molar-refractivity contribution in [1.29, 1.82) is 0 Å². The Hall–Kier alpha value is -2.51. The first kappa shape index (κ1) is 14.4. The second-order valence-electron chi connectivity index (χ2n) is 4.42. The predicted molar refractivity (Wildman–Crippen MR) is 92.0 cm³/mol. The Balaban J connectivity index is 1.61. The molecule has 0 atom stereocenters. The minimum atomic E-state index is -0.257.